The highest BCUT2D eigenvalue weighted by Crippen LogP contribution is 2.66. The van der Waals surface area contributed by atoms with E-state index in [4.69, 9.17) is 0 Å². The standard InChI is InChI=1S/C15H24O/c1-3-4-13(16)15-8-11-5-12(9-15)7-14(2,6-11)10-15/h3,11-13,16H,1,4-10H2,2H3. The van der Waals surface area contributed by atoms with E-state index in [0.29, 0.717) is 5.41 Å². The van der Waals surface area contributed by atoms with Crippen LogP contribution >= 0.6 is 0 Å². The predicted octanol–water partition coefficient (Wildman–Crippen LogP) is 3.53. The van der Waals surface area contributed by atoms with Crippen molar-refractivity contribution in [3.05, 3.63) is 12.7 Å². The van der Waals surface area contributed by atoms with Gasteiger partial charge in [-0.05, 0) is 67.6 Å². The third-order valence-corrected chi connectivity index (χ3v) is 5.50. The van der Waals surface area contributed by atoms with Gasteiger partial charge in [0.2, 0.25) is 0 Å². The summed E-state index contributed by atoms with van der Waals surface area (Å²) in [6, 6.07) is 0. The fourth-order valence-electron chi connectivity index (χ4n) is 5.60. The maximum absolute atomic E-state index is 10.5. The molecular weight excluding hydrogens is 196 g/mol. The molecule has 3 unspecified atom stereocenters. The predicted molar refractivity (Wildman–Crippen MR) is 66.0 cm³/mol. The van der Waals surface area contributed by atoms with Gasteiger partial charge in [-0.15, -0.1) is 6.58 Å². The van der Waals surface area contributed by atoms with Gasteiger partial charge in [-0.25, -0.2) is 0 Å². The zero-order valence-electron chi connectivity index (χ0n) is 10.4. The summed E-state index contributed by atoms with van der Waals surface area (Å²) in [5.41, 5.74) is 0.805. The van der Waals surface area contributed by atoms with Crippen LogP contribution in [0.4, 0.5) is 0 Å². The molecule has 0 heterocycles. The second kappa shape index (κ2) is 3.35. The first kappa shape index (κ1) is 10.8. The molecule has 90 valence electrons. The van der Waals surface area contributed by atoms with Crippen LogP contribution in [-0.4, -0.2) is 11.2 Å². The first-order valence-corrected chi connectivity index (χ1v) is 6.84. The van der Waals surface area contributed by atoms with Crippen LogP contribution in [0.1, 0.15) is 51.9 Å². The van der Waals surface area contributed by atoms with Gasteiger partial charge in [0.05, 0.1) is 6.10 Å². The van der Waals surface area contributed by atoms with E-state index in [9.17, 15) is 5.11 Å². The Morgan fingerprint density at radius 3 is 2.44 bits per heavy atom. The number of aliphatic hydroxyl groups excluding tert-OH is 1. The minimum absolute atomic E-state index is 0.129. The van der Waals surface area contributed by atoms with Crippen molar-refractivity contribution in [2.45, 2.75) is 58.0 Å². The Balaban J connectivity index is 1.88. The minimum Gasteiger partial charge on any atom is -0.392 e. The number of hydrogen-bond acceptors (Lipinski definition) is 1. The van der Waals surface area contributed by atoms with Crippen molar-refractivity contribution >= 4 is 0 Å². The molecule has 4 bridgehead atoms. The van der Waals surface area contributed by atoms with Crippen molar-refractivity contribution in [2.24, 2.45) is 22.7 Å². The van der Waals surface area contributed by atoms with Gasteiger partial charge in [0.1, 0.15) is 0 Å². The highest BCUT2D eigenvalue weighted by Gasteiger charge is 2.57. The number of aliphatic hydroxyl groups is 1. The van der Waals surface area contributed by atoms with Crippen molar-refractivity contribution < 1.29 is 5.11 Å². The lowest BCUT2D eigenvalue weighted by molar-refractivity contribution is -0.152. The highest BCUT2D eigenvalue weighted by molar-refractivity contribution is 5.09. The van der Waals surface area contributed by atoms with Crippen LogP contribution in [0.3, 0.4) is 0 Å². The molecule has 3 atom stereocenters. The molecule has 0 aromatic heterocycles. The average Bonchev–Trinajstić information content (AvgIpc) is 2.13. The number of hydrogen-bond donors (Lipinski definition) is 1. The second-order valence-electron chi connectivity index (χ2n) is 7.17. The van der Waals surface area contributed by atoms with Gasteiger partial charge in [-0.3, -0.25) is 0 Å². The zero-order chi connectivity index (χ0) is 11.4. The summed E-state index contributed by atoms with van der Waals surface area (Å²) in [5, 5.41) is 10.5. The first-order valence-electron chi connectivity index (χ1n) is 6.84. The maximum atomic E-state index is 10.5. The molecule has 4 fully saturated rings. The molecule has 16 heavy (non-hydrogen) atoms. The summed E-state index contributed by atoms with van der Waals surface area (Å²) >= 11 is 0. The van der Waals surface area contributed by atoms with E-state index in [0.717, 1.165) is 18.3 Å². The van der Waals surface area contributed by atoms with E-state index < -0.39 is 0 Å². The molecule has 0 amide bonds. The maximum Gasteiger partial charge on any atom is 0.0631 e. The molecule has 1 N–H and O–H groups in total. The minimum atomic E-state index is -0.129. The molecule has 0 aromatic carbocycles. The van der Waals surface area contributed by atoms with Crippen molar-refractivity contribution in [2.75, 3.05) is 0 Å². The molecule has 4 aliphatic rings. The molecule has 0 spiro atoms. The van der Waals surface area contributed by atoms with Crippen molar-refractivity contribution in [1.29, 1.82) is 0 Å². The van der Waals surface area contributed by atoms with Gasteiger partial charge in [0.25, 0.3) is 0 Å². The third kappa shape index (κ3) is 1.48. The van der Waals surface area contributed by atoms with E-state index in [1.165, 1.54) is 38.5 Å². The third-order valence-electron chi connectivity index (χ3n) is 5.50. The Bertz CT molecular complexity index is 293. The lowest BCUT2D eigenvalue weighted by atomic mass is 9.43. The normalized spacial score (nSPS) is 51.6. The van der Waals surface area contributed by atoms with Crippen LogP contribution in [0.15, 0.2) is 12.7 Å². The lowest BCUT2D eigenvalue weighted by Gasteiger charge is -2.62. The molecule has 0 radical (unpaired) electrons. The molecule has 0 aromatic rings. The van der Waals surface area contributed by atoms with Gasteiger partial charge in [0, 0.05) is 0 Å². The van der Waals surface area contributed by atoms with Gasteiger partial charge in [-0.1, -0.05) is 13.0 Å². The van der Waals surface area contributed by atoms with E-state index >= 15 is 0 Å². The first-order chi connectivity index (χ1) is 7.55. The van der Waals surface area contributed by atoms with E-state index in [1.54, 1.807) is 0 Å². The Labute approximate surface area is 98.9 Å². The SMILES string of the molecule is C=CCC(O)C12CC3CC(CC(C)(C3)C1)C2. The van der Waals surface area contributed by atoms with Crippen molar-refractivity contribution in [1.82, 2.24) is 0 Å². The van der Waals surface area contributed by atoms with Crippen LogP contribution in [0, 0.1) is 22.7 Å². The molecule has 4 aliphatic carbocycles. The Kier molecular flexibility index (Phi) is 2.27. The molecule has 4 rings (SSSR count). The summed E-state index contributed by atoms with van der Waals surface area (Å²) in [6.45, 7) is 6.24. The zero-order valence-corrected chi connectivity index (χ0v) is 10.4. The summed E-state index contributed by atoms with van der Waals surface area (Å²) in [4.78, 5) is 0. The fraction of sp³-hybridized carbons (Fsp3) is 0.867. The van der Waals surface area contributed by atoms with Gasteiger partial charge >= 0.3 is 0 Å². The van der Waals surface area contributed by atoms with Gasteiger partial charge in [-0.2, -0.15) is 0 Å². The average molecular weight is 220 g/mol. The topological polar surface area (TPSA) is 20.2 Å². The molecular formula is C15H24O. The molecule has 1 heteroatoms. The highest BCUT2D eigenvalue weighted by atomic mass is 16.3. The quantitative estimate of drug-likeness (QED) is 0.721. The van der Waals surface area contributed by atoms with Crippen LogP contribution in [-0.2, 0) is 0 Å². The Hall–Kier alpha value is -0.300. The van der Waals surface area contributed by atoms with E-state index in [2.05, 4.69) is 13.5 Å². The summed E-state index contributed by atoms with van der Waals surface area (Å²) in [5.74, 6) is 1.82. The molecule has 1 nitrogen and oxygen atoms in total. The second-order valence-corrected chi connectivity index (χ2v) is 7.17. The lowest BCUT2D eigenvalue weighted by Crippen LogP contribution is -2.55. The van der Waals surface area contributed by atoms with Gasteiger partial charge < -0.3 is 5.11 Å². The Morgan fingerprint density at radius 2 is 1.94 bits per heavy atom. The van der Waals surface area contributed by atoms with Crippen molar-refractivity contribution in [3.8, 4) is 0 Å². The van der Waals surface area contributed by atoms with Crippen molar-refractivity contribution in [3.63, 3.8) is 0 Å². The number of rotatable bonds is 3. The Morgan fingerprint density at radius 1 is 1.31 bits per heavy atom. The molecule has 4 saturated carbocycles. The summed E-state index contributed by atoms with van der Waals surface area (Å²) in [7, 11) is 0. The largest absolute Gasteiger partial charge is 0.392 e. The molecule has 0 saturated heterocycles. The van der Waals surface area contributed by atoms with Crippen LogP contribution < -0.4 is 0 Å². The van der Waals surface area contributed by atoms with E-state index in [1.807, 2.05) is 6.08 Å². The fourth-order valence-corrected chi connectivity index (χ4v) is 5.60. The summed E-state index contributed by atoms with van der Waals surface area (Å²) in [6.07, 6.45) is 10.7. The summed E-state index contributed by atoms with van der Waals surface area (Å²) < 4.78 is 0. The molecule has 0 aliphatic heterocycles. The monoisotopic (exact) mass is 220 g/mol. The van der Waals surface area contributed by atoms with Crippen LogP contribution in [0.2, 0.25) is 0 Å². The van der Waals surface area contributed by atoms with E-state index in [-0.39, 0.29) is 11.5 Å². The van der Waals surface area contributed by atoms with Gasteiger partial charge in [0.15, 0.2) is 0 Å². The van der Waals surface area contributed by atoms with Crippen LogP contribution in [0.5, 0.6) is 0 Å². The van der Waals surface area contributed by atoms with Crippen LogP contribution in [0.25, 0.3) is 0 Å². The smallest absolute Gasteiger partial charge is 0.0631 e.